The number of carbonyl (C=O) groups excluding carboxylic acids is 1. The summed E-state index contributed by atoms with van der Waals surface area (Å²) in [6.45, 7) is 15.3. The summed E-state index contributed by atoms with van der Waals surface area (Å²) in [4.78, 5) is 20.7. The van der Waals surface area contributed by atoms with Crippen LogP contribution in [-0.4, -0.2) is 41.1 Å². The first-order valence-corrected chi connectivity index (χ1v) is 12.8. The summed E-state index contributed by atoms with van der Waals surface area (Å²) in [5.74, 6) is 0. The van der Waals surface area contributed by atoms with Crippen molar-refractivity contribution in [3.8, 4) is 0 Å². The third-order valence-corrected chi connectivity index (χ3v) is 8.46. The van der Waals surface area contributed by atoms with Crippen LogP contribution in [0.15, 0.2) is 30.5 Å². The van der Waals surface area contributed by atoms with Gasteiger partial charge in [-0.3, -0.25) is 9.88 Å². The van der Waals surface area contributed by atoms with Gasteiger partial charge in [0.1, 0.15) is 0 Å². The zero-order valence-electron chi connectivity index (χ0n) is 20.9. The molecule has 2 amide bonds. The normalized spacial score (nSPS) is 19.6. The highest BCUT2D eigenvalue weighted by atomic mass is 32.1. The second-order valence-corrected chi connectivity index (χ2v) is 11.5. The average molecular weight is 475 g/mol. The molecular weight excluding hydrogens is 435 g/mol. The Balaban J connectivity index is 1.85. The molecule has 0 radical (unpaired) electrons. The smallest absolute Gasteiger partial charge is 0.315 e. The number of aryl methyl sites for hydroxylation is 2. The van der Waals surface area contributed by atoms with Crippen LogP contribution in [0.4, 0.5) is 9.18 Å². The lowest BCUT2D eigenvalue weighted by atomic mass is 9.67. The van der Waals surface area contributed by atoms with Crippen molar-refractivity contribution in [3.63, 3.8) is 0 Å². The summed E-state index contributed by atoms with van der Waals surface area (Å²) < 4.78 is 13.6. The van der Waals surface area contributed by atoms with Crippen LogP contribution in [0, 0.1) is 17.5 Å². The van der Waals surface area contributed by atoms with Gasteiger partial charge in [-0.1, -0.05) is 13.0 Å². The molecule has 0 aromatic carbocycles. The van der Waals surface area contributed by atoms with Crippen LogP contribution in [0.5, 0.6) is 0 Å². The fraction of sp³-hybridized carbons (Fsp3) is 0.615. The van der Waals surface area contributed by atoms with E-state index in [1.54, 1.807) is 6.07 Å². The SMILES string of the molecule is CCCNC(=O)NC(C)(C)C1(CCc2ccc(F)s2)CCN(C(C)(C)c2ccc(C)nc2)C1. The van der Waals surface area contributed by atoms with E-state index in [0.29, 0.717) is 6.54 Å². The number of carbonyl (C=O) groups is 1. The van der Waals surface area contributed by atoms with Crippen molar-refractivity contribution < 1.29 is 9.18 Å². The minimum atomic E-state index is -0.434. The molecule has 1 aliphatic heterocycles. The molecule has 2 aromatic rings. The molecule has 3 rings (SSSR count). The van der Waals surface area contributed by atoms with Gasteiger partial charge in [0.05, 0.1) is 0 Å². The minimum Gasteiger partial charge on any atom is -0.338 e. The highest BCUT2D eigenvalue weighted by Gasteiger charge is 2.52. The average Bonchev–Trinajstić information content (AvgIpc) is 3.38. The Hall–Kier alpha value is -1.99. The van der Waals surface area contributed by atoms with E-state index in [4.69, 9.17) is 0 Å². The maximum atomic E-state index is 13.6. The number of hydrogen-bond donors (Lipinski definition) is 2. The summed E-state index contributed by atoms with van der Waals surface area (Å²) in [6.07, 6.45) is 5.52. The molecule has 2 N–H and O–H groups in total. The number of hydrogen-bond acceptors (Lipinski definition) is 4. The Morgan fingerprint density at radius 1 is 1.24 bits per heavy atom. The van der Waals surface area contributed by atoms with E-state index in [1.807, 2.05) is 26.1 Å². The van der Waals surface area contributed by atoms with Crippen LogP contribution < -0.4 is 10.6 Å². The number of urea groups is 1. The van der Waals surface area contributed by atoms with Gasteiger partial charge in [0.25, 0.3) is 0 Å². The van der Waals surface area contributed by atoms with Gasteiger partial charge in [0.2, 0.25) is 0 Å². The second-order valence-electron chi connectivity index (χ2n) is 10.4. The van der Waals surface area contributed by atoms with Crippen molar-refractivity contribution in [2.45, 2.75) is 78.3 Å². The van der Waals surface area contributed by atoms with E-state index >= 15 is 0 Å². The first kappa shape index (κ1) is 25.6. The summed E-state index contributed by atoms with van der Waals surface area (Å²) >= 11 is 1.22. The molecule has 0 bridgehead atoms. The quantitative estimate of drug-likeness (QED) is 0.495. The highest BCUT2D eigenvalue weighted by molar-refractivity contribution is 7.10. The molecule has 2 aromatic heterocycles. The molecule has 0 spiro atoms. The number of pyridine rings is 1. The molecule has 33 heavy (non-hydrogen) atoms. The second kappa shape index (κ2) is 10.1. The van der Waals surface area contributed by atoms with Crippen molar-refractivity contribution in [2.24, 2.45) is 5.41 Å². The van der Waals surface area contributed by atoms with Gasteiger partial charge in [-0.2, -0.15) is 4.39 Å². The molecular formula is C26H39FN4OS. The summed E-state index contributed by atoms with van der Waals surface area (Å²) in [5, 5.41) is 6.09. The number of thiophene rings is 1. The fourth-order valence-electron chi connectivity index (χ4n) is 4.94. The van der Waals surface area contributed by atoms with Crippen molar-refractivity contribution in [3.05, 3.63) is 51.7 Å². The number of nitrogens with one attached hydrogen (secondary N) is 2. The number of aromatic nitrogens is 1. The van der Waals surface area contributed by atoms with Crippen molar-refractivity contribution in [1.82, 2.24) is 20.5 Å². The molecule has 7 heteroatoms. The number of nitrogens with zero attached hydrogens (tertiary/aromatic N) is 2. The zero-order valence-corrected chi connectivity index (χ0v) is 21.7. The standard InChI is InChI=1S/C26H39FN4OS/c1-7-15-28-23(32)30-25(5,6)26(13-12-21-10-11-22(27)33-21)14-16-31(18-26)24(3,4)20-9-8-19(2)29-17-20/h8-11,17H,7,12-16,18H2,1-6H3,(H2,28,30,32). The van der Waals surface area contributed by atoms with Gasteiger partial charge >= 0.3 is 6.03 Å². The lowest BCUT2D eigenvalue weighted by Crippen LogP contribution is -2.60. The van der Waals surface area contributed by atoms with Crippen LogP contribution >= 0.6 is 11.3 Å². The zero-order chi connectivity index (χ0) is 24.3. The maximum absolute atomic E-state index is 13.6. The molecule has 1 saturated heterocycles. The van der Waals surface area contributed by atoms with Crippen molar-refractivity contribution in [1.29, 1.82) is 0 Å². The number of halogens is 1. The van der Waals surface area contributed by atoms with Gasteiger partial charge in [0.15, 0.2) is 5.13 Å². The van der Waals surface area contributed by atoms with Crippen LogP contribution in [0.1, 0.15) is 70.0 Å². The lowest BCUT2D eigenvalue weighted by Gasteiger charge is -2.46. The van der Waals surface area contributed by atoms with E-state index < -0.39 is 5.54 Å². The highest BCUT2D eigenvalue weighted by Crippen LogP contribution is 2.48. The minimum absolute atomic E-state index is 0.121. The third kappa shape index (κ3) is 5.75. The molecule has 1 unspecified atom stereocenters. The van der Waals surface area contributed by atoms with Gasteiger partial charge in [0, 0.05) is 46.4 Å². The Labute approximate surface area is 202 Å². The van der Waals surface area contributed by atoms with Gasteiger partial charge < -0.3 is 10.6 Å². The van der Waals surface area contributed by atoms with Gasteiger partial charge in [-0.25, -0.2) is 4.79 Å². The van der Waals surface area contributed by atoms with Crippen LogP contribution in [-0.2, 0) is 12.0 Å². The molecule has 3 heterocycles. The first-order chi connectivity index (χ1) is 15.5. The molecule has 1 fully saturated rings. The van der Waals surface area contributed by atoms with E-state index in [0.717, 1.165) is 49.3 Å². The molecule has 1 aliphatic rings. The Bertz CT molecular complexity index is 940. The predicted molar refractivity (Wildman–Crippen MR) is 134 cm³/mol. The maximum Gasteiger partial charge on any atom is 0.315 e. The lowest BCUT2D eigenvalue weighted by molar-refractivity contribution is 0.0782. The van der Waals surface area contributed by atoms with Crippen LogP contribution in [0.2, 0.25) is 0 Å². The largest absolute Gasteiger partial charge is 0.338 e. The van der Waals surface area contributed by atoms with Crippen LogP contribution in [0.25, 0.3) is 0 Å². The first-order valence-electron chi connectivity index (χ1n) is 12.0. The topological polar surface area (TPSA) is 57.3 Å². The molecule has 0 saturated carbocycles. The summed E-state index contributed by atoms with van der Waals surface area (Å²) in [5.41, 5.74) is 1.44. The van der Waals surface area contributed by atoms with Crippen molar-refractivity contribution in [2.75, 3.05) is 19.6 Å². The van der Waals surface area contributed by atoms with Gasteiger partial charge in [-0.05, 0) is 90.6 Å². The molecule has 0 aliphatic carbocycles. The van der Waals surface area contributed by atoms with E-state index in [1.165, 1.54) is 16.9 Å². The molecule has 1 atom stereocenters. The number of likely N-dealkylation sites (tertiary alicyclic amines) is 1. The van der Waals surface area contributed by atoms with Crippen LogP contribution in [0.3, 0.4) is 0 Å². The van der Waals surface area contributed by atoms with Crippen molar-refractivity contribution >= 4 is 17.4 Å². The van der Waals surface area contributed by atoms with Gasteiger partial charge in [-0.15, -0.1) is 11.3 Å². The van der Waals surface area contributed by atoms with E-state index in [9.17, 15) is 9.18 Å². The predicted octanol–water partition coefficient (Wildman–Crippen LogP) is 5.64. The Kier molecular flexibility index (Phi) is 7.84. The van der Waals surface area contributed by atoms with E-state index in [2.05, 4.69) is 60.3 Å². The fourth-order valence-corrected chi connectivity index (χ4v) is 5.66. The van der Waals surface area contributed by atoms with E-state index in [-0.39, 0.29) is 22.1 Å². The Morgan fingerprint density at radius 2 is 2.00 bits per heavy atom. The number of amides is 2. The Morgan fingerprint density at radius 3 is 2.61 bits per heavy atom. The summed E-state index contributed by atoms with van der Waals surface area (Å²) in [7, 11) is 0. The molecule has 5 nitrogen and oxygen atoms in total. The summed E-state index contributed by atoms with van der Waals surface area (Å²) in [6, 6.07) is 7.54. The number of rotatable bonds is 9. The third-order valence-electron chi connectivity index (χ3n) is 7.53. The molecule has 182 valence electrons. The monoisotopic (exact) mass is 474 g/mol.